The van der Waals surface area contributed by atoms with Crippen LogP contribution in [-0.2, 0) is 25.1 Å². The summed E-state index contributed by atoms with van der Waals surface area (Å²) in [7, 11) is -3.76. The van der Waals surface area contributed by atoms with Gasteiger partial charge in [-0.05, 0) is 36.3 Å². The van der Waals surface area contributed by atoms with Crippen molar-refractivity contribution in [3.8, 4) is 5.75 Å². The second kappa shape index (κ2) is 6.47. The molecule has 0 radical (unpaired) electrons. The maximum absolute atomic E-state index is 12.1. The lowest BCUT2D eigenvalue weighted by Crippen LogP contribution is -2.18. The first-order valence-corrected chi connectivity index (χ1v) is 9.24. The molecule has 1 heterocycles. The lowest BCUT2D eigenvalue weighted by atomic mass is 9.88. The number of hydrogen-bond acceptors (Lipinski definition) is 6. The number of carbonyl (C=O) groups excluding carboxylic acids is 1. The molecule has 1 aliphatic rings. The van der Waals surface area contributed by atoms with Crippen LogP contribution >= 0.6 is 0 Å². The van der Waals surface area contributed by atoms with E-state index in [0.717, 1.165) is 5.56 Å². The molecule has 1 aromatic heterocycles. The fourth-order valence-electron chi connectivity index (χ4n) is 2.29. The molecule has 0 unspecified atom stereocenters. The maximum atomic E-state index is 12.1. The van der Waals surface area contributed by atoms with Gasteiger partial charge in [0.15, 0.2) is 5.75 Å². The SMILES string of the molecule is CCOC(=O)[C@@H]1C[C@H]1CS(=O)(=O)Oc1cncc(C(C)(C)C)c1. The first kappa shape index (κ1) is 17.7. The summed E-state index contributed by atoms with van der Waals surface area (Å²) in [4.78, 5) is 15.6. The quantitative estimate of drug-likeness (QED) is 0.583. The van der Waals surface area contributed by atoms with E-state index in [0.29, 0.717) is 13.0 Å². The Morgan fingerprint density at radius 1 is 1.35 bits per heavy atom. The van der Waals surface area contributed by atoms with Crippen LogP contribution in [0.15, 0.2) is 18.5 Å². The third-order valence-electron chi connectivity index (χ3n) is 3.73. The van der Waals surface area contributed by atoms with Crippen LogP contribution in [0.2, 0.25) is 0 Å². The molecular weight excluding hydrogens is 318 g/mol. The molecule has 0 amide bonds. The molecule has 1 saturated carbocycles. The zero-order valence-electron chi connectivity index (χ0n) is 13.9. The van der Waals surface area contributed by atoms with Gasteiger partial charge >= 0.3 is 16.1 Å². The summed E-state index contributed by atoms with van der Waals surface area (Å²) in [5.74, 6) is -0.865. The van der Waals surface area contributed by atoms with Gasteiger partial charge in [0.1, 0.15) is 0 Å². The van der Waals surface area contributed by atoms with Gasteiger partial charge in [-0.1, -0.05) is 20.8 Å². The Hall–Kier alpha value is -1.63. The monoisotopic (exact) mass is 341 g/mol. The smallest absolute Gasteiger partial charge is 0.309 e. The summed E-state index contributed by atoms with van der Waals surface area (Å²) in [5.41, 5.74) is 0.739. The van der Waals surface area contributed by atoms with Gasteiger partial charge in [0.2, 0.25) is 0 Å². The minimum atomic E-state index is -3.76. The first-order valence-electron chi connectivity index (χ1n) is 7.66. The summed E-state index contributed by atoms with van der Waals surface area (Å²) in [5, 5.41) is 0. The fraction of sp³-hybridized carbons (Fsp3) is 0.625. The van der Waals surface area contributed by atoms with Crippen LogP contribution in [0.4, 0.5) is 0 Å². The van der Waals surface area contributed by atoms with Crippen LogP contribution in [-0.4, -0.2) is 31.7 Å². The number of pyridine rings is 1. The van der Waals surface area contributed by atoms with Crippen molar-refractivity contribution in [2.24, 2.45) is 11.8 Å². The van der Waals surface area contributed by atoms with Crippen molar-refractivity contribution in [2.45, 2.75) is 39.5 Å². The molecule has 6 nitrogen and oxygen atoms in total. The number of hydrogen-bond donors (Lipinski definition) is 0. The number of nitrogens with zero attached hydrogens (tertiary/aromatic N) is 1. The van der Waals surface area contributed by atoms with Gasteiger partial charge in [-0.25, -0.2) is 0 Å². The molecule has 7 heteroatoms. The molecule has 0 aliphatic heterocycles. The predicted octanol–water partition coefficient (Wildman–Crippen LogP) is 2.29. The standard InChI is InChI=1S/C16H23NO5S/c1-5-21-15(18)14-6-11(14)10-23(19,20)22-13-7-12(8-17-9-13)16(2,3)4/h7-9,11,14H,5-6,10H2,1-4H3/t11-,14+/m0/s1. The summed E-state index contributed by atoms with van der Waals surface area (Å²) in [6.07, 6.45) is 3.60. The molecule has 1 aliphatic carbocycles. The second-order valence-corrected chi connectivity index (χ2v) is 8.44. The Bertz CT molecular complexity index is 678. The van der Waals surface area contributed by atoms with Gasteiger partial charge in [0.05, 0.1) is 24.5 Å². The number of rotatable bonds is 6. The normalized spacial score (nSPS) is 20.9. The van der Waals surface area contributed by atoms with Crippen molar-refractivity contribution < 1.29 is 22.1 Å². The highest BCUT2D eigenvalue weighted by atomic mass is 32.2. The predicted molar refractivity (Wildman–Crippen MR) is 85.6 cm³/mol. The molecular formula is C16H23NO5S. The van der Waals surface area contributed by atoms with Crippen molar-refractivity contribution in [1.29, 1.82) is 0 Å². The van der Waals surface area contributed by atoms with Gasteiger partial charge < -0.3 is 8.92 Å². The summed E-state index contributed by atoms with van der Waals surface area (Å²) >= 11 is 0. The van der Waals surface area contributed by atoms with E-state index in [2.05, 4.69) is 4.98 Å². The highest BCUT2D eigenvalue weighted by Gasteiger charge is 2.47. The highest BCUT2D eigenvalue weighted by Crippen LogP contribution is 2.40. The van der Waals surface area contributed by atoms with Crippen molar-refractivity contribution in [1.82, 2.24) is 4.98 Å². The van der Waals surface area contributed by atoms with E-state index in [1.165, 1.54) is 6.20 Å². The van der Waals surface area contributed by atoms with E-state index in [1.54, 1.807) is 19.2 Å². The van der Waals surface area contributed by atoms with Gasteiger partial charge in [-0.15, -0.1) is 0 Å². The molecule has 0 spiro atoms. The molecule has 23 heavy (non-hydrogen) atoms. The van der Waals surface area contributed by atoms with E-state index in [4.69, 9.17) is 8.92 Å². The van der Waals surface area contributed by atoms with Crippen LogP contribution in [0.5, 0.6) is 5.75 Å². The Morgan fingerprint density at radius 3 is 2.65 bits per heavy atom. The molecule has 1 aromatic rings. The first-order chi connectivity index (χ1) is 10.6. The number of ether oxygens (including phenoxy) is 1. The van der Waals surface area contributed by atoms with E-state index in [-0.39, 0.29) is 34.7 Å². The van der Waals surface area contributed by atoms with E-state index < -0.39 is 10.1 Å². The van der Waals surface area contributed by atoms with Gasteiger partial charge in [-0.3, -0.25) is 9.78 Å². The summed E-state index contributed by atoms with van der Waals surface area (Å²) < 4.78 is 34.3. The Morgan fingerprint density at radius 2 is 2.04 bits per heavy atom. The molecule has 128 valence electrons. The van der Waals surface area contributed by atoms with Crippen LogP contribution in [0.3, 0.4) is 0 Å². The van der Waals surface area contributed by atoms with Crippen molar-refractivity contribution >= 4 is 16.1 Å². The Labute approximate surface area is 137 Å². The summed E-state index contributed by atoms with van der Waals surface area (Å²) in [6.45, 7) is 8.06. The minimum Gasteiger partial charge on any atom is -0.466 e. The molecule has 0 saturated heterocycles. The molecule has 0 N–H and O–H groups in total. The van der Waals surface area contributed by atoms with Gasteiger partial charge in [-0.2, -0.15) is 8.42 Å². The lowest BCUT2D eigenvalue weighted by molar-refractivity contribution is -0.144. The third kappa shape index (κ3) is 4.92. The molecule has 0 bridgehead atoms. The van der Waals surface area contributed by atoms with Crippen molar-refractivity contribution in [2.75, 3.05) is 12.4 Å². The van der Waals surface area contributed by atoms with Crippen molar-refractivity contribution in [3.63, 3.8) is 0 Å². The molecule has 2 atom stereocenters. The maximum Gasteiger partial charge on any atom is 0.309 e. The minimum absolute atomic E-state index is 0.151. The van der Waals surface area contributed by atoms with E-state index in [1.807, 2.05) is 20.8 Å². The number of carbonyl (C=O) groups is 1. The molecule has 2 rings (SSSR count). The van der Waals surface area contributed by atoms with Crippen LogP contribution in [0.25, 0.3) is 0 Å². The average molecular weight is 341 g/mol. The molecule has 0 aromatic carbocycles. The van der Waals surface area contributed by atoms with Crippen LogP contribution in [0.1, 0.15) is 39.7 Å². The third-order valence-corrected chi connectivity index (χ3v) is 5.02. The van der Waals surface area contributed by atoms with Gasteiger partial charge in [0, 0.05) is 6.20 Å². The van der Waals surface area contributed by atoms with Gasteiger partial charge in [0.25, 0.3) is 0 Å². The number of esters is 1. The zero-order valence-corrected chi connectivity index (χ0v) is 14.7. The second-order valence-electron chi connectivity index (χ2n) is 6.82. The Balaban J connectivity index is 1.99. The summed E-state index contributed by atoms with van der Waals surface area (Å²) in [6, 6.07) is 1.68. The average Bonchev–Trinajstić information content (AvgIpc) is 3.16. The van der Waals surface area contributed by atoms with Crippen molar-refractivity contribution in [3.05, 3.63) is 24.0 Å². The molecule has 1 fully saturated rings. The lowest BCUT2D eigenvalue weighted by Gasteiger charge is -2.19. The largest absolute Gasteiger partial charge is 0.466 e. The highest BCUT2D eigenvalue weighted by molar-refractivity contribution is 7.87. The van der Waals surface area contributed by atoms with Crippen LogP contribution in [0, 0.1) is 11.8 Å². The van der Waals surface area contributed by atoms with Crippen LogP contribution < -0.4 is 4.18 Å². The van der Waals surface area contributed by atoms with E-state index >= 15 is 0 Å². The Kier molecular flexibility index (Phi) is 4.98. The topological polar surface area (TPSA) is 82.6 Å². The zero-order chi connectivity index (χ0) is 17.3. The number of aromatic nitrogens is 1. The fourth-order valence-corrected chi connectivity index (χ4v) is 3.63. The van der Waals surface area contributed by atoms with E-state index in [9.17, 15) is 13.2 Å².